The number of amides is 1. The van der Waals surface area contributed by atoms with Gasteiger partial charge in [0.15, 0.2) is 0 Å². The van der Waals surface area contributed by atoms with Crippen LogP contribution in [0, 0.1) is 0 Å². The lowest BCUT2D eigenvalue weighted by Crippen LogP contribution is -2.38. The van der Waals surface area contributed by atoms with Crippen molar-refractivity contribution in [2.45, 2.75) is 32.8 Å². The molecule has 1 rings (SSSR count). The molecule has 0 saturated heterocycles. The van der Waals surface area contributed by atoms with Crippen molar-refractivity contribution in [3.05, 3.63) is 34.0 Å². The highest BCUT2D eigenvalue weighted by Crippen LogP contribution is 2.24. The topological polar surface area (TPSA) is 49.3 Å². The van der Waals surface area contributed by atoms with Gasteiger partial charge in [-0.1, -0.05) is 19.1 Å². The molecule has 1 atom stereocenters. The molecule has 0 fully saturated rings. The Labute approximate surface area is 106 Å². The lowest BCUT2D eigenvalue weighted by Gasteiger charge is -2.22. The van der Waals surface area contributed by atoms with E-state index in [1.165, 1.54) is 11.3 Å². The van der Waals surface area contributed by atoms with E-state index in [1.54, 1.807) is 13.8 Å². The molecule has 17 heavy (non-hydrogen) atoms. The molecule has 0 saturated carbocycles. The molecule has 0 spiro atoms. The predicted molar refractivity (Wildman–Crippen MR) is 70.9 cm³/mol. The summed E-state index contributed by atoms with van der Waals surface area (Å²) in [5, 5.41) is 14.9. The molecule has 1 amide bonds. The van der Waals surface area contributed by atoms with E-state index >= 15 is 0 Å². The molecule has 4 heteroatoms. The van der Waals surface area contributed by atoms with Crippen LogP contribution in [0.4, 0.5) is 0 Å². The largest absolute Gasteiger partial charge is 0.383 e. The lowest BCUT2D eigenvalue weighted by atomic mass is 10.1. The Morgan fingerprint density at radius 2 is 2.35 bits per heavy atom. The minimum atomic E-state index is -1.00. The number of aliphatic hydroxyl groups is 1. The maximum atomic E-state index is 11.7. The Hall–Kier alpha value is -1.13. The Balaban J connectivity index is 2.56. The van der Waals surface area contributed by atoms with E-state index in [0.29, 0.717) is 5.57 Å². The van der Waals surface area contributed by atoms with Gasteiger partial charge in [0.05, 0.1) is 6.54 Å². The van der Waals surface area contributed by atoms with Crippen LogP contribution >= 0.6 is 11.3 Å². The molecule has 0 bridgehead atoms. The number of carbonyl (C=O) groups excluding carboxylic acids is 1. The summed E-state index contributed by atoms with van der Waals surface area (Å²) in [6, 6.07) is 3.75. The third-order valence-corrected chi connectivity index (χ3v) is 3.64. The average Bonchev–Trinajstić information content (AvgIpc) is 2.80. The Morgan fingerprint density at radius 1 is 1.65 bits per heavy atom. The second-order valence-electron chi connectivity index (χ2n) is 4.23. The van der Waals surface area contributed by atoms with E-state index in [1.807, 2.05) is 30.5 Å². The zero-order chi connectivity index (χ0) is 12.9. The van der Waals surface area contributed by atoms with E-state index in [4.69, 9.17) is 0 Å². The van der Waals surface area contributed by atoms with Crippen molar-refractivity contribution >= 4 is 17.2 Å². The zero-order valence-corrected chi connectivity index (χ0v) is 11.3. The summed E-state index contributed by atoms with van der Waals surface area (Å²) in [5.41, 5.74) is -0.314. The smallest absolute Gasteiger partial charge is 0.246 e. The summed E-state index contributed by atoms with van der Waals surface area (Å²) in [4.78, 5) is 12.5. The van der Waals surface area contributed by atoms with Gasteiger partial charge in [-0.05, 0) is 31.7 Å². The summed E-state index contributed by atoms with van der Waals surface area (Å²) in [6.07, 6.45) is 2.70. The first-order chi connectivity index (χ1) is 7.97. The van der Waals surface area contributed by atoms with Crippen molar-refractivity contribution in [2.75, 3.05) is 6.54 Å². The molecule has 0 aromatic carbocycles. The van der Waals surface area contributed by atoms with Gasteiger partial charge in [0.2, 0.25) is 5.91 Å². The monoisotopic (exact) mass is 253 g/mol. The second kappa shape index (κ2) is 5.98. The summed E-state index contributed by atoms with van der Waals surface area (Å²) in [5.74, 6) is -0.122. The molecule has 1 heterocycles. The number of hydrogen-bond donors (Lipinski definition) is 2. The maximum absolute atomic E-state index is 11.7. The average molecular weight is 253 g/mol. The van der Waals surface area contributed by atoms with Crippen LogP contribution in [-0.4, -0.2) is 17.6 Å². The van der Waals surface area contributed by atoms with Crippen LogP contribution in [0.5, 0.6) is 0 Å². The fraction of sp³-hybridized carbons (Fsp3) is 0.462. The van der Waals surface area contributed by atoms with Gasteiger partial charge in [-0.25, -0.2) is 0 Å². The van der Waals surface area contributed by atoms with Gasteiger partial charge in [-0.2, -0.15) is 0 Å². The summed E-state index contributed by atoms with van der Waals surface area (Å²) in [7, 11) is 0. The molecule has 1 aromatic rings. The Kier molecular flexibility index (Phi) is 4.90. The van der Waals surface area contributed by atoms with E-state index in [0.717, 1.165) is 11.3 Å². The van der Waals surface area contributed by atoms with Gasteiger partial charge < -0.3 is 10.4 Å². The van der Waals surface area contributed by atoms with Crippen molar-refractivity contribution in [2.24, 2.45) is 0 Å². The molecular weight excluding hydrogens is 234 g/mol. The van der Waals surface area contributed by atoms with Gasteiger partial charge >= 0.3 is 0 Å². The highest BCUT2D eigenvalue weighted by molar-refractivity contribution is 7.10. The number of nitrogens with one attached hydrogen (secondary N) is 1. The molecule has 3 nitrogen and oxygen atoms in total. The van der Waals surface area contributed by atoms with Crippen molar-refractivity contribution in [1.29, 1.82) is 0 Å². The van der Waals surface area contributed by atoms with Crippen molar-refractivity contribution in [3.8, 4) is 0 Å². The van der Waals surface area contributed by atoms with Crippen LogP contribution in [-0.2, 0) is 10.4 Å². The minimum Gasteiger partial charge on any atom is -0.383 e. The number of rotatable bonds is 5. The highest BCUT2D eigenvalue weighted by atomic mass is 32.1. The molecule has 0 aliphatic heterocycles. The van der Waals surface area contributed by atoms with Crippen LogP contribution in [0.1, 0.15) is 32.1 Å². The third kappa shape index (κ3) is 3.98. The number of thiophene rings is 1. The van der Waals surface area contributed by atoms with Crippen LogP contribution in [0.2, 0.25) is 0 Å². The normalized spacial score (nSPS) is 15.4. The maximum Gasteiger partial charge on any atom is 0.246 e. The minimum absolute atomic E-state index is 0.122. The van der Waals surface area contributed by atoms with Crippen LogP contribution < -0.4 is 5.32 Å². The second-order valence-corrected chi connectivity index (χ2v) is 5.18. The summed E-state index contributed by atoms with van der Waals surface area (Å²) < 4.78 is 0. The Morgan fingerprint density at radius 3 is 2.88 bits per heavy atom. The van der Waals surface area contributed by atoms with Crippen molar-refractivity contribution in [3.63, 3.8) is 0 Å². The molecule has 0 aliphatic rings. The van der Waals surface area contributed by atoms with Gasteiger partial charge in [0.1, 0.15) is 5.60 Å². The number of hydrogen-bond acceptors (Lipinski definition) is 3. The van der Waals surface area contributed by atoms with Gasteiger partial charge in [0, 0.05) is 10.5 Å². The quantitative estimate of drug-likeness (QED) is 0.792. The first-order valence-electron chi connectivity index (χ1n) is 5.68. The first kappa shape index (κ1) is 13.9. The van der Waals surface area contributed by atoms with E-state index in [9.17, 15) is 9.90 Å². The molecule has 0 radical (unpaired) electrons. The standard InChI is InChI=1S/C13H19NO2S/c1-4-6-10(2)12(15)14-9-13(3,16)11-7-5-8-17-11/h5-8,16H,4,9H2,1-3H3,(H,14,15)/b10-6+. The molecule has 2 N–H and O–H groups in total. The third-order valence-electron chi connectivity index (χ3n) is 2.51. The SMILES string of the molecule is CC/C=C(\C)C(=O)NCC(C)(O)c1cccs1. The molecular formula is C13H19NO2S. The van der Waals surface area contributed by atoms with Crippen molar-refractivity contribution < 1.29 is 9.90 Å². The highest BCUT2D eigenvalue weighted by Gasteiger charge is 2.24. The van der Waals surface area contributed by atoms with E-state index in [-0.39, 0.29) is 12.5 Å². The number of carbonyl (C=O) groups is 1. The first-order valence-corrected chi connectivity index (χ1v) is 6.56. The van der Waals surface area contributed by atoms with Gasteiger partial charge in [0.25, 0.3) is 0 Å². The van der Waals surface area contributed by atoms with Crippen molar-refractivity contribution in [1.82, 2.24) is 5.32 Å². The van der Waals surface area contributed by atoms with Crippen LogP contribution in [0.3, 0.4) is 0 Å². The summed E-state index contributed by atoms with van der Waals surface area (Å²) >= 11 is 1.48. The van der Waals surface area contributed by atoms with Gasteiger partial charge in [-0.15, -0.1) is 11.3 Å². The van der Waals surface area contributed by atoms with E-state index in [2.05, 4.69) is 5.32 Å². The number of allylic oxidation sites excluding steroid dienone is 1. The van der Waals surface area contributed by atoms with Gasteiger partial charge in [-0.3, -0.25) is 4.79 Å². The Bertz CT molecular complexity index is 394. The van der Waals surface area contributed by atoms with Crippen LogP contribution in [0.25, 0.3) is 0 Å². The zero-order valence-electron chi connectivity index (χ0n) is 10.5. The van der Waals surface area contributed by atoms with E-state index < -0.39 is 5.60 Å². The summed E-state index contributed by atoms with van der Waals surface area (Å²) in [6.45, 7) is 5.69. The molecule has 94 valence electrons. The fourth-order valence-electron chi connectivity index (χ4n) is 1.46. The lowest BCUT2D eigenvalue weighted by molar-refractivity contribution is -0.118. The predicted octanol–water partition coefficient (Wildman–Crippen LogP) is 2.43. The van der Waals surface area contributed by atoms with Crippen LogP contribution in [0.15, 0.2) is 29.2 Å². The fourth-order valence-corrected chi connectivity index (χ4v) is 2.25. The molecule has 1 aromatic heterocycles. The molecule has 1 unspecified atom stereocenters. The molecule has 0 aliphatic carbocycles.